The highest BCUT2D eigenvalue weighted by Crippen LogP contribution is 2.24. The van der Waals surface area contributed by atoms with Gasteiger partial charge >= 0.3 is 0 Å². The lowest BCUT2D eigenvalue weighted by Gasteiger charge is -2.05. The third-order valence-corrected chi connectivity index (χ3v) is 3.51. The van der Waals surface area contributed by atoms with Gasteiger partial charge in [0, 0.05) is 16.6 Å². The second-order valence-corrected chi connectivity index (χ2v) is 4.51. The summed E-state index contributed by atoms with van der Waals surface area (Å²) in [5.74, 6) is 0. The first-order chi connectivity index (χ1) is 7.88. The maximum atomic E-state index is 10.9. The lowest BCUT2D eigenvalue weighted by atomic mass is 10.2. The minimum atomic E-state index is 0.676. The Morgan fingerprint density at radius 2 is 2.12 bits per heavy atom. The normalized spacial score (nSPS) is 10.8. The Balaban J connectivity index is 2.21. The van der Waals surface area contributed by atoms with Gasteiger partial charge in [-0.1, -0.05) is 0 Å². The fourth-order valence-electron chi connectivity index (χ4n) is 1.83. The van der Waals surface area contributed by atoms with Crippen LogP contribution in [0.25, 0.3) is 15.8 Å². The molecule has 0 aliphatic carbocycles. The number of aldehydes is 1. The number of benzene rings is 1. The van der Waals surface area contributed by atoms with Crippen molar-refractivity contribution in [1.29, 1.82) is 0 Å². The number of rotatable bonds is 2. The molecule has 2 nitrogen and oxygen atoms in total. The summed E-state index contributed by atoms with van der Waals surface area (Å²) in [5.41, 5.74) is 1.70. The summed E-state index contributed by atoms with van der Waals surface area (Å²) < 4.78 is 3.16. The van der Waals surface area contributed by atoms with Crippen molar-refractivity contribution in [3.63, 3.8) is 0 Å². The van der Waals surface area contributed by atoms with Crippen LogP contribution in [0.5, 0.6) is 0 Å². The van der Waals surface area contributed by atoms with Gasteiger partial charge < -0.3 is 4.57 Å². The summed E-state index contributed by atoms with van der Waals surface area (Å²) in [5, 5.41) is 3.29. The zero-order valence-corrected chi connectivity index (χ0v) is 9.28. The van der Waals surface area contributed by atoms with Gasteiger partial charge in [0.1, 0.15) is 0 Å². The Bertz CT molecular complexity index is 651. The molecule has 0 aliphatic heterocycles. The fraction of sp³-hybridized carbons (Fsp3) is 0. The SMILES string of the molecule is O=Cc1cccn1-c1ccc2sccc2c1. The summed E-state index contributed by atoms with van der Waals surface area (Å²) in [6.07, 6.45) is 2.77. The van der Waals surface area contributed by atoms with Gasteiger partial charge in [0.15, 0.2) is 6.29 Å². The first kappa shape index (κ1) is 9.36. The number of carbonyl (C=O) groups excluding carboxylic acids is 1. The Kier molecular flexibility index (Phi) is 2.11. The summed E-state index contributed by atoms with van der Waals surface area (Å²) in [4.78, 5) is 10.9. The first-order valence-corrected chi connectivity index (χ1v) is 5.86. The van der Waals surface area contributed by atoms with Crippen molar-refractivity contribution < 1.29 is 4.79 Å². The zero-order valence-electron chi connectivity index (χ0n) is 8.46. The highest BCUT2D eigenvalue weighted by atomic mass is 32.1. The van der Waals surface area contributed by atoms with Gasteiger partial charge in [0.05, 0.1) is 5.69 Å². The molecule has 3 aromatic rings. The van der Waals surface area contributed by atoms with Gasteiger partial charge in [0.25, 0.3) is 0 Å². The largest absolute Gasteiger partial charge is 0.314 e. The molecule has 3 rings (SSSR count). The van der Waals surface area contributed by atoms with Gasteiger partial charge in [-0.05, 0) is 47.2 Å². The van der Waals surface area contributed by atoms with Gasteiger partial charge in [-0.15, -0.1) is 11.3 Å². The van der Waals surface area contributed by atoms with Gasteiger partial charge in [0.2, 0.25) is 0 Å². The Morgan fingerprint density at radius 1 is 1.19 bits per heavy atom. The number of hydrogen-bond donors (Lipinski definition) is 0. The predicted octanol–water partition coefficient (Wildman–Crippen LogP) is 3.50. The van der Waals surface area contributed by atoms with Gasteiger partial charge in [-0.25, -0.2) is 0 Å². The number of nitrogens with zero attached hydrogens (tertiary/aromatic N) is 1. The maximum absolute atomic E-state index is 10.9. The average Bonchev–Trinajstić information content (AvgIpc) is 2.96. The third-order valence-electron chi connectivity index (χ3n) is 2.62. The van der Waals surface area contributed by atoms with Crippen molar-refractivity contribution in [2.45, 2.75) is 0 Å². The molecule has 3 heteroatoms. The van der Waals surface area contributed by atoms with E-state index in [1.165, 1.54) is 10.1 Å². The molecule has 0 fully saturated rings. The summed E-state index contributed by atoms with van der Waals surface area (Å²) >= 11 is 1.72. The lowest BCUT2D eigenvalue weighted by Crippen LogP contribution is -1.96. The summed E-state index contributed by atoms with van der Waals surface area (Å²) in [6.45, 7) is 0. The highest BCUT2D eigenvalue weighted by molar-refractivity contribution is 7.17. The van der Waals surface area contributed by atoms with Crippen molar-refractivity contribution >= 4 is 27.7 Å². The first-order valence-electron chi connectivity index (χ1n) is 4.99. The van der Waals surface area contributed by atoms with Crippen molar-refractivity contribution in [3.8, 4) is 5.69 Å². The van der Waals surface area contributed by atoms with Gasteiger partial charge in [-0.2, -0.15) is 0 Å². The molecular formula is C13H9NOS. The van der Waals surface area contributed by atoms with Crippen LogP contribution in [0.4, 0.5) is 0 Å². The van der Waals surface area contributed by atoms with E-state index in [1.807, 2.05) is 29.0 Å². The smallest absolute Gasteiger partial charge is 0.166 e. The Labute approximate surface area is 96.8 Å². The Morgan fingerprint density at radius 3 is 3.00 bits per heavy atom. The monoisotopic (exact) mass is 227 g/mol. The molecule has 0 saturated carbocycles. The Hall–Kier alpha value is -1.87. The molecule has 0 N–H and O–H groups in total. The van der Waals surface area contributed by atoms with Crippen LogP contribution in [0.2, 0.25) is 0 Å². The zero-order chi connectivity index (χ0) is 11.0. The molecule has 0 amide bonds. The predicted molar refractivity (Wildman–Crippen MR) is 66.5 cm³/mol. The number of fused-ring (bicyclic) bond motifs is 1. The van der Waals surface area contributed by atoms with E-state index in [9.17, 15) is 4.79 Å². The van der Waals surface area contributed by atoms with Crippen LogP contribution in [-0.4, -0.2) is 10.9 Å². The van der Waals surface area contributed by atoms with Crippen LogP contribution in [-0.2, 0) is 0 Å². The molecule has 0 bridgehead atoms. The molecule has 2 aromatic heterocycles. The van der Waals surface area contributed by atoms with E-state index in [2.05, 4.69) is 23.6 Å². The maximum Gasteiger partial charge on any atom is 0.166 e. The van der Waals surface area contributed by atoms with E-state index in [0.717, 1.165) is 12.0 Å². The molecule has 0 saturated heterocycles. The number of thiophene rings is 1. The second-order valence-electron chi connectivity index (χ2n) is 3.56. The molecule has 78 valence electrons. The molecule has 0 atom stereocenters. The molecular weight excluding hydrogens is 218 g/mol. The van der Waals surface area contributed by atoms with Gasteiger partial charge in [-0.3, -0.25) is 4.79 Å². The minimum Gasteiger partial charge on any atom is -0.314 e. The highest BCUT2D eigenvalue weighted by Gasteiger charge is 2.03. The van der Waals surface area contributed by atoms with E-state index in [-0.39, 0.29) is 0 Å². The summed E-state index contributed by atoms with van der Waals surface area (Å²) in [7, 11) is 0. The minimum absolute atomic E-state index is 0.676. The van der Waals surface area contributed by atoms with E-state index in [0.29, 0.717) is 5.69 Å². The lowest BCUT2D eigenvalue weighted by molar-refractivity contribution is 0.111. The number of aromatic nitrogens is 1. The van der Waals surface area contributed by atoms with Crippen LogP contribution in [0, 0.1) is 0 Å². The third kappa shape index (κ3) is 1.37. The number of hydrogen-bond acceptors (Lipinski definition) is 2. The molecule has 1 aromatic carbocycles. The average molecular weight is 227 g/mol. The van der Waals surface area contributed by atoms with E-state index in [4.69, 9.17) is 0 Å². The van der Waals surface area contributed by atoms with Crippen LogP contribution in [0.1, 0.15) is 10.5 Å². The van der Waals surface area contributed by atoms with E-state index < -0.39 is 0 Å². The molecule has 0 radical (unpaired) electrons. The van der Waals surface area contributed by atoms with Crippen molar-refractivity contribution in [3.05, 3.63) is 53.7 Å². The van der Waals surface area contributed by atoms with Crippen LogP contribution in [0.15, 0.2) is 48.0 Å². The van der Waals surface area contributed by atoms with Crippen LogP contribution >= 0.6 is 11.3 Å². The van der Waals surface area contributed by atoms with Crippen LogP contribution < -0.4 is 0 Å². The van der Waals surface area contributed by atoms with E-state index >= 15 is 0 Å². The molecule has 16 heavy (non-hydrogen) atoms. The quantitative estimate of drug-likeness (QED) is 0.614. The molecule has 0 unspecified atom stereocenters. The second kappa shape index (κ2) is 3.61. The van der Waals surface area contributed by atoms with Crippen molar-refractivity contribution in [2.75, 3.05) is 0 Å². The number of carbonyl (C=O) groups is 1. The summed E-state index contributed by atoms with van der Waals surface area (Å²) in [6, 6.07) is 12.0. The molecule has 2 heterocycles. The van der Waals surface area contributed by atoms with E-state index in [1.54, 1.807) is 11.3 Å². The molecule has 0 spiro atoms. The topological polar surface area (TPSA) is 22.0 Å². The van der Waals surface area contributed by atoms with Crippen molar-refractivity contribution in [2.24, 2.45) is 0 Å². The fourth-order valence-corrected chi connectivity index (χ4v) is 2.60. The molecule has 0 aliphatic rings. The standard InChI is InChI=1S/C13H9NOS/c15-9-12-2-1-6-14(12)11-3-4-13-10(8-11)5-7-16-13/h1-9H. The van der Waals surface area contributed by atoms with Crippen LogP contribution in [0.3, 0.4) is 0 Å². The van der Waals surface area contributed by atoms with Crippen molar-refractivity contribution in [1.82, 2.24) is 4.57 Å².